The summed E-state index contributed by atoms with van der Waals surface area (Å²) in [5.41, 5.74) is -0.178. The van der Waals surface area contributed by atoms with Crippen LogP contribution in [0.15, 0.2) is 59.5 Å². The van der Waals surface area contributed by atoms with E-state index in [1.54, 1.807) is 45.0 Å². The van der Waals surface area contributed by atoms with Crippen molar-refractivity contribution >= 4 is 15.9 Å². The minimum atomic E-state index is -4.08. The predicted octanol–water partition coefficient (Wildman–Crippen LogP) is 3.59. The molecule has 0 aliphatic carbocycles. The fourth-order valence-corrected chi connectivity index (χ4v) is 3.67. The standard InChI is InChI=1S/C18H20FNO3S/c1-18(2,3)17(21)20(13-14-7-5-4-6-8-14)24(22,23)16-11-9-15(19)10-12-16/h4-12H,13H2,1-3H3. The molecule has 1 amide bonds. The van der Waals surface area contributed by atoms with Gasteiger partial charge in [0.25, 0.3) is 10.0 Å². The lowest BCUT2D eigenvalue weighted by molar-refractivity contribution is -0.134. The van der Waals surface area contributed by atoms with Gasteiger partial charge in [0.1, 0.15) is 5.82 Å². The zero-order valence-electron chi connectivity index (χ0n) is 13.9. The maximum Gasteiger partial charge on any atom is 0.266 e. The van der Waals surface area contributed by atoms with Gasteiger partial charge >= 0.3 is 0 Å². The summed E-state index contributed by atoms with van der Waals surface area (Å²) in [7, 11) is -4.08. The van der Waals surface area contributed by atoms with Gasteiger partial charge in [-0.25, -0.2) is 17.1 Å². The molecule has 24 heavy (non-hydrogen) atoms. The normalized spacial score (nSPS) is 12.0. The highest BCUT2D eigenvalue weighted by Crippen LogP contribution is 2.26. The van der Waals surface area contributed by atoms with E-state index >= 15 is 0 Å². The Balaban J connectivity index is 2.48. The highest BCUT2D eigenvalue weighted by atomic mass is 32.2. The first-order valence-electron chi connectivity index (χ1n) is 7.49. The second-order valence-corrected chi connectivity index (χ2v) is 8.37. The average molecular weight is 349 g/mol. The van der Waals surface area contributed by atoms with Crippen LogP contribution in [-0.2, 0) is 21.4 Å². The minimum Gasteiger partial charge on any atom is -0.273 e. The Morgan fingerprint density at radius 3 is 2.04 bits per heavy atom. The van der Waals surface area contributed by atoms with E-state index in [0.717, 1.165) is 16.4 Å². The summed E-state index contributed by atoms with van der Waals surface area (Å²) in [6, 6.07) is 13.3. The summed E-state index contributed by atoms with van der Waals surface area (Å²) in [6.45, 7) is 4.91. The van der Waals surface area contributed by atoms with Crippen LogP contribution in [0, 0.1) is 11.2 Å². The van der Waals surface area contributed by atoms with E-state index in [4.69, 9.17) is 0 Å². The number of amides is 1. The Morgan fingerprint density at radius 1 is 1.00 bits per heavy atom. The number of halogens is 1. The Labute approximate surface area is 142 Å². The van der Waals surface area contributed by atoms with E-state index in [0.29, 0.717) is 5.56 Å². The van der Waals surface area contributed by atoms with Crippen molar-refractivity contribution in [1.29, 1.82) is 0 Å². The first-order valence-corrected chi connectivity index (χ1v) is 8.93. The number of carbonyl (C=O) groups is 1. The maximum atomic E-state index is 13.1. The van der Waals surface area contributed by atoms with Crippen LogP contribution in [0.3, 0.4) is 0 Å². The van der Waals surface area contributed by atoms with Gasteiger partial charge in [0.05, 0.1) is 11.4 Å². The number of rotatable bonds is 4. The van der Waals surface area contributed by atoms with Crippen LogP contribution < -0.4 is 0 Å². The zero-order valence-corrected chi connectivity index (χ0v) is 14.7. The molecular weight excluding hydrogens is 329 g/mol. The molecule has 0 aliphatic rings. The summed E-state index contributed by atoms with van der Waals surface area (Å²) in [6.07, 6.45) is 0. The Bertz CT molecular complexity index is 810. The lowest BCUT2D eigenvalue weighted by Gasteiger charge is -2.29. The number of hydrogen-bond donors (Lipinski definition) is 0. The summed E-state index contributed by atoms with van der Waals surface area (Å²) in [5.74, 6) is -1.05. The van der Waals surface area contributed by atoms with E-state index in [1.165, 1.54) is 12.1 Å². The van der Waals surface area contributed by atoms with Gasteiger partial charge in [0.15, 0.2) is 0 Å². The van der Waals surface area contributed by atoms with E-state index in [2.05, 4.69) is 0 Å². The highest BCUT2D eigenvalue weighted by Gasteiger charge is 2.36. The van der Waals surface area contributed by atoms with E-state index in [1.807, 2.05) is 6.07 Å². The fourth-order valence-electron chi connectivity index (χ4n) is 2.12. The first-order chi connectivity index (χ1) is 11.1. The van der Waals surface area contributed by atoms with E-state index < -0.39 is 27.2 Å². The average Bonchev–Trinajstić information content (AvgIpc) is 2.52. The smallest absolute Gasteiger partial charge is 0.266 e. The number of sulfonamides is 1. The van der Waals surface area contributed by atoms with Crippen molar-refractivity contribution in [1.82, 2.24) is 4.31 Å². The van der Waals surface area contributed by atoms with Gasteiger partial charge < -0.3 is 0 Å². The molecule has 2 rings (SSSR count). The molecule has 0 radical (unpaired) electrons. The van der Waals surface area contributed by atoms with Crippen LogP contribution in [0.25, 0.3) is 0 Å². The molecule has 0 unspecified atom stereocenters. The lowest BCUT2D eigenvalue weighted by Crippen LogP contribution is -2.42. The number of nitrogens with zero attached hydrogens (tertiary/aromatic N) is 1. The molecule has 0 N–H and O–H groups in total. The SMILES string of the molecule is CC(C)(C)C(=O)N(Cc1ccccc1)S(=O)(=O)c1ccc(F)cc1. The van der Waals surface area contributed by atoms with Gasteiger partial charge in [0.2, 0.25) is 5.91 Å². The molecule has 0 aromatic heterocycles. The van der Waals surface area contributed by atoms with Crippen molar-refractivity contribution in [2.45, 2.75) is 32.2 Å². The predicted molar refractivity (Wildman–Crippen MR) is 90.0 cm³/mol. The Kier molecular flexibility index (Phi) is 5.08. The zero-order chi connectivity index (χ0) is 18.0. The van der Waals surface area contributed by atoms with Gasteiger partial charge in [-0.15, -0.1) is 0 Å². The van der Waals surface area contributed by atoms with Crippen LogP contribution in [-0.4, -0.2) is 18.6 Å². The monoisotopic (exact) mass is 349 g/mol. The molecule has 2 aromatic carbocycles. The largest absolute Gasteiger partial charge is 0.273 e. The Hall–Kier alpha value is -2.21. The summed E-state index contributed by atoms with van der Waals surface area (Å²) < 4.78 is 39.8. The second kappa shape index (κ2) is 6.73. The molecule has 6 heteroatoms. The molecule has 0 saturated heterocycles. The second-order valence-electron chi connectivity index (χ2n) is 6.51. The highest BCUT2D eigenvalue weighted by molar-refractivity contribution is 7.89. The number of hydrogen-bond acceptors (Lipinski definition) is 3. The molecule has 0 saturated carbocycles. The molecule has 0 atom stereocenters. The van der Waals surface area contributed by atoms with Gasteiger partial charge in [0, 0.05) is 5.41 Å². The third-order valence-corrected chi connectivity index (χ3v) is 5.18. The van der Waals surface area contributed by atoms with Crippen LogP contribution in [0.2, 0.25) is 0 Å². The van der Waals surface area contributed by atoms with Crippen molar-refractivity contribution in [3.63, 3.8) is 0 Å². The van der Waals surface area contributed by atoms with E-state index in [-0.39, 0.29) is 11.4 Å². The summed E-state index contributed by atoms with van der Waals surface area (Å²) in [5, 5.41) is 0. The van der Waals surface area contributed by atoms with Crippen LogP contribution in [0.1, 0.15) is 26.3 Å². The van der Waals surface area contributed by atoms with Crippen molar-refractivity contribution in [3.8, 4) is 0 Å². The van der Waals surface area contributed by atoms with Crippen molar-refractivity contribution in [2.24, 2.45) is 5.41 Å². The third kappa shape index (κ3) is 4.00. The molecule has 0 fully saturated rings. The minimum absolute atomic E-state index is 0.0728. The lowest BCUT2D eigenvalue weighted by atomic mass is 9.95. The van der Waals surface area contributed by atoms with Crippen molar-refractivity contribution in [2.75, 3.05) is 0 Å². The third-order valence-electron chi connectivity index (χ3n) is 3.44. The van der Waals surface area contributed by atoms with Gasteiger partial charge in [-0.3, -0.25) is 4.79 Å². The maximum absolute atomic E-state index is 13.1. The van der Waals surface area contributed by atoms with Crippen LogP contribution in [0.4, 0.5) is 4.39 Å². The number of carbonyl (C=O) groups excluding carboxylic acids is 1. The Morgan fingerprint density at radius 2 is 1.54 bits per heavy atom. The molecule has 0 bridgehead atoms. The topological polar surface area (TPSA) is 54.5 Å². The van der Waals surface area contributed by atoms with E-state index in [9.17, 15) is 17.6 Å². The molecule has 4 nitrogen and oxygen atoms in total. The molecule has 0 heterocycles. The molecule has 2 aromatic rings. The quantitative estimate of drug-likeness (QED) is 0.848. The first kappa shape index (κ1) is 18.1. The number of benzene rings is 2. The van der Waals surface area contributed by atoms with Crippen molar-refractivity contribution in [3.05, 3.63) is 66.0 Å². The molecule has 128 valence electrons. The van der Waals surface area contributed by atoms with Crippen LogP contribution in [0.5, 0.6) is 0 Å². The van der Waals surface area contributed by atoms with Crippen LogP contribution >= 0.6 is 0 Å². The molecule has 0 aliphatic heterocycles. The summed E-state index contributed by atoms with van der Waals surface area (Å²) in [4.78, 5) is 12.6. The molecule has 0 spiro atoms. The van der Waals surface area contributed by atoms with Gasteiger partial charge in [-0.1, -0.05) is 51.1 Å². The fraction of sp³-hybridized carbons (Fsp3) is 0.278. The van der Waals surface area contributed by atoms with Gasteiger partial charge in [-0.2, -0.15) is 0 Å². The molecular formula is C18H20FNO3S. The summed E-state index contributed by atoms with van der Waals surface area (Å²) >= 11 is 0. The van der Waals surface area contributed by atoms with Crippen molar-refractivity contribution < 1.29 is 17.6 Å². The van der Waals surface area contributed by atoms with Gasteiger partial charge in [-0.05, 0) is 29.8 Å².